The fraction of sp³-hybridized carbons (Fsp3) is 0.579. The van der Waals surface area contributed by atoms with E-state index in [1.807, 2.05) is 24.3 Å². The first-order chi connectivity index (χ1) is 11.8. The Balaban J connectivity index is 2.21. The van der Waals surface area contributed by atoms with E-state index in [1.54, 1.807) is 27.9 Å². The van der Waals surface area contributed by atoms with Gasteiger partial charge in [-0.05, 0) is 51.2 Å². The third-order valence-electron chi connectivity index (χ3n) is 4.27. The molecule has 2 atom stereocenters. The first kappa shape index (κ1) is 19.1. The van der Waals surface area contributed by atoms with Crippen LogP contribution < -0.4 is 4.74 Å². The summed E-state index contributed by atoms with van der Waals surface area (Å²) in [5.41, 5.74) is 0.397. The van der Waals surface area contributed by atoms with Crippen LogP contribution in [0.3, 0.4) is 0 Å². The maximum absolute atomic E-state index is 12.5. The summed E-state index contributed by atoms with van der Waals surface area (Å²) in [6, 6.07) is 7.06. The Bertz CT molecular complexity index is 622. The van der Waals surface area contributed by atoms with Gasteiger partial charge in [-0.2, -0.15) is 0 Å². The number of ether oxygens (including phenoxy) is 3. The van der Waals surface area contributed by atoms with E-state index in [9.17, 15) is 9.59 Å². The molecule has 1 aliphatic heterocycles. The zero-order valence-corrected chi connectivity index (χ0v) is 15.6. The van der Waals surface area contributed by atoms with Gasteiger partial charge in [0.2, 0.25) is 0 Å². The van der Waals surface area contributed by atoms with Gasteiger partial charge in [-0.3, -0.25) is 4.90 Å². The SMILES string of the molecule is COC(=O)C1C(Cc2ccccc2OC)CCN1C(=O)OC(C)(C)C. The van der Waals surface area contributed by atoms with Gasteiger partial charge < -0.3 is 14.2 Å². The quantitative estimate of drug-likeness (QED) is 0.782. The van der Waals surface area contributed by atoms with Gasteiger partial charge in [-0.15, -0.1) is 0 Å². The number of para-hydroxylation sites is 1. The molecule has 1 heterocycles. The lowest BCUT2D eigenvalue weighted by atomic mass is 9.92. The summed E-state index contributed by atoms with van der Waals surface area (Å²) < 4.78 is 15.8. The largest absolute Gasteiger partial charge is 0.496 e. The second kappa shape index (κ2) is 7.76. The molecule has 0 bridgehead atoms. The van der Waals surface area contributed by atoms with Crippen LogP contribution in [0.25, 0.3) is 0 Å². The first-order valence-electron chi connectivity index (χ1n) is 8.46. The van der Waals surface area contributed by atoms with Gasteiger partial charge in [0.05, 0.1) is 14.2 Å². The van der Waals surface area contributed by atoms with Crippen molar-refractivity contribution in [1.29, 1.82) is 0 Å². The summed E-state index contributed by atoms with van der Waals surface area (Å²) in [4.78, 5) is 26.3. The van der Waals surface area contributed by atoms with Crippen molar-refractivity contribution in [3.8, 4) is 5.75 Å². The van der Waals surface area contributed by atoms with E-state index in [-0.39, 0.29) is 5.92 Å². The van der Waals surface area contributed by atoms with E-state index in [1.165, 1.54) is 12.0 Å². The molecular formula is C19H27NO5. The highest BCUT2D eigenvalue weighted by molar-refractivity contribution is 5.82. The number of esters is 1. The van der Waals surface area contributed by atoms with E-state index in [2.05, 4.69) is 0 Å². The Morgan fingerprint density at radius 1 is 1.20 bits per heavy atom. The second-order valence-corrected chi connectivity index (χ2v) is 7.21. The third kappa shape index (κ3) is 4.65. The Labute approximate surface area is 149 Å². The van der Waals surface area contributed by atoms with Crippen LogP contribution in [0, 0.1) is 5.92 Å². The minimum Gasteiger partial charge on any atom is -0.496 e. The van der Waals surface area contributed by atoms with Crippen LogP contribution in [0.5, 0.6) is 5.75 Å². The minimum atomic E-state index is -0.648. The Morgan fingerprint density at radius 3 is 2.48 bits per heavy atom. The smallest absolute Gasteiger partial charge is 0.411 e. The van der Waals surface area contributed by atoms with Crippen LogP contribution in [0.2, 0.25) is 0 Å². The number of amides is 1. The van der Waals surface area contributed by atoms with Gasteiger partial charge in [-0.1, -0.05) is 18.2 Å². The number of benzene rings is 1. The Morgan fingerprint density at radius 2 is 1.88 bits per heavy atom. The van der Waals surface area contributed by atoms with Crippen LogP contribution >= 0.6 is 0 Å². The molecule has 0 N–H and O–H groups in total. The van der Waals surface area contributed by atoms with Gasteiger partial charge >= 0.3 is 12.1 Å². The monoisotopic (exact) mass is 349 g/mol. The predicted octanol–water partition coefficient (Wildman–Crippen LogP) is 3.04. The molecule has 2 rings (SSSR count). The molecule has 138 valence electrons. The normalized spacial score (nSPS) is 20.3. The van der Waals surface area contributed by atoms with E-state index in [4.69, 9.17) is 14.2 Å². The standard InChI is InChI=1S/C19H27NO5/c1-19(2,3)25-18(22)20-11-10-14(16(20)17(21)24-5)12-13-8-6-7-9-15(13)23-4/h6-9,14,16H,10-12H2,1-5H3. The molecule has 0 aliphatic carbocycles. The van der Waals surface area contributed by atoms with Crippen molar-refractivity contribution in [2.24, 2.45) is 5.92 Å². The highest BCUT2D eigenvalue weighted by Gasteiger charge is 2.44. The van der Waals surface area contributed by atoms with Crippen molar-refractivity contribution in [3.63, 3.8) is 0 Å². The molecule has 6 nitrogen and oxygen atoms in total. The molecule has 0 aromatic heterocycles. The number of nitrogens with zero attached hydrogens (tertiary/aromatic N) is 1. The van der Waals surface area contributed by atoms with Crippen molar-refractivity contribution >= 4 is 12.1 Å². The number of carbonyl (C=O) groups is 2. The lowest BCUT2D eigenvalue weighted by Gasteiger charge is -2.29. The van der Waals surface area contributed by atoms with Crippen molar-refractivity contribution in [1.82, 2.24) is 4.90 Å². The molecule has 2 unspecified atom stereocenters. The van der Waals surface area contributed by atoms with Gasteiger partial charge in [0.15, 0.2) is 0 Å². The molecule has 1 saturated heterocycles. The summed E-state index contributed by atoms with van der Waals surface area (Å²) in [7, 11) is 2.96. The van der Waals surface area contributed by atoms with Crippen LogP contribution in [0.4, 0.5) is 4.79 Å². The van der Waals surface area contributed by atoms with Crippen molar-refractivity contribution < 1.29 is 23.8 Å². The lowest BCUT2D eigenvalue weighted by Crippen LogP contribution is -2.46. The van der Waals surface area contributed by atoms with Crippen molar-refractivity contribution in [2.75, 3.05) is 20.8 Å². The fourth-order valence-corrected chi connectivity index (χ4v) is 3.19. The molecule has 6 heteroatoms. The maximum Gasteiger partial charge on any atom is 0.411 e. The molecule has 0 radical (unpaired) electrons. The zero-order chi connectivity index (χ0) is 18.6. The molecule has 1 aliphatic rings. The number of methoxy groups -OCH3 is 2. The van der Waals surface area contributed by atoms with Crippen molar-refractivity contribution in [3.05, 3.63) is 29.8 Å². The molecule has 0 spiro atoms. The van der Waals surface area contributed by atoms with E-state index < -0.39 is 23.7 Å². The summed E-state index contributed by atoms with van der Waals surface area (Å²) in [5.74, 6) is 0.321. The number of rotatable bonds is 4. The molecule has 1 fully saturated rings. The summed E-state index contributed by atoms with van der Waals surface area (Å²) in [6.07, 6.45) is 0.852. The van der Waals surface area contributed by atoms with E-state index >= 15 is 0 Å². The maximum atomic E-state index is 12.5. The third-order valence-corrected chi connectivity index (χ3v) is 4.27. The molecule has 0 saturated carbocycles. The van der Waals surface area contributed by atoms with Gasteiger partial charge in [0.1, 0.15) is 17.4 Å². The molecule has 25 heavy (non-hydrogen) atoms. The summed E-state index contributed by atoms with van der Waals surface area (Å²) >= 11 is 0. The zero-order valence-electron chi connectivity index (χ0n) is 15.6. The fourth-order valence-electron chi connectivity index (χ4n) is 3.19. The van der Waals surface area contributed by atoms with Crippen molar-refractivity contribution in [2.45, 2.75) is 45.3 Å². The molecule has 1 aromatic rings. The van der Waals surface area contributed by atoms with Gasteiger partial charge in [0, 0.05) is 6.54 Å². The topological polar surface area (TPSA) is 65.1 Å². The molecule has 1 aromatic carbocycles. The minimum absolute atomic E-state index is 0.0451. The van der Waals surface area contributed by atoms with E-state index in [0.717, 1.165) is 11.3 Å². The Kier molecular flexibility index (Phi) is 5.93. The first-order valence-corrected chi connectivity index (χ1v) is 8.46. The molecular weight excluding hydrogens is 322 g/mol. The van der Waals surface area contributed by atoms with Crippen LogP contribution in [0.15, 0.2) is 24.3 Å². The number of hydrogen-bond donors (Lipinski definition) is 0. The average molecular weight is 349 g/mol. The Hall–Kier alpha value is -2.24. The van der Waals surface area contributed by atoms with Gasteiger partial charge in [-0.25, -0.2) is 9.59 Å². The van der Waals surface area contributed by atoms with E-state index in [0.29, 0.717) is 19.4 Å². The summed E-state index contributed by atoms with van der Waals surface area (Å²) in [5, 5.41) is 0. The van der Waals surface area contributed by atoms with Crippen LogP contribution in [-0.4, -0.2) is 49.4 Å². The highest BCUT2D eigenvalue weighted by atomic mass is 16.6. The summed E-state index contributed by atoms with van der Waals surface area (Å²) in [6.45, 7) is 5.88. The van der Waals surface area contributed by atoms with Gasteiger partial charge in [0.25, 0.3) is 0 Å². The van der Waals surface area contributed by atoms with Crippen LogP contribution in [0.1, 0.15) is 32.8 Å². The molecule has 1 amide bonds. The number of carbonyl (C=O) groups excluding carboxylic acids is 2. The highest BCUT2D eigenvalue weighted by Crippen LogP contribution is 2.32. The predicted molar refractivity (Wildman–Crippen MR) is 93.5 cm³/mol. The number of likely N-dealkylation sites (tertiary alicyclic amines) is 1. The number of hydrogen-bond acceptors (Lipinski definition) is 5. The second-order valence-electron chi connectivity index (χ2n) is 7.21. The van der Waals surface area contributed by atoms with Crippen LogP contribution in [-0.2, 0) is 20.7 Å². The average Bonchev–Trinajstić information content (AvgIpc) is 2.97. The lowest BCUT2D eigenvalue weighted by molar-refractivity contribution is -0.147.